The van der Waals surface area contributed by atoms with Gasteiger partial charge in [0, 0.05) is 16.3 Å². The zero-order valence-electron chi connectivity index (χ0n) is 13.0. The van der Waals surface area contributed by atoms with E-state index in [1.807, 2.05) is 31.2 Å². The van der Waals surface area contributed by atoms with Crippen molar-refractivity contribution in [2.75, 3.05) is 5.75 Å². The molecule has 1 saturated heterocycles. The third kappa shape index (κ3) is 3.28. The quantitative estimate of drug-likeness (QED) is 0.898. The fourth-order valence-corrected chi connectivity index (χ4v) is 4.31. The van der Waals surface area contributed by atoms with Crippen LogP contribution in [0, 0.1) is 6.92 Å². The zero-order chi connectivity index (χ0) is 17.3. The van der Waals surface area contributed by atoms with Crippen molar-refractivity contribution in [3.05, 3.63) is 70.2 Å². The number of hydrogen-bond donors (Lipinski definition) is 1. The molecule has 24 heavy (non-hydrogen) atoms. The van der Waals surface area contributed by atoms with Gasteiger partial charge in [-0.05, 0) is 30.7 Å². The summed E-state index contributed by atoms with van der Waals surface area (Å²) in [6, 6.07) is 13.6. The highest BCUT2D eigenvalue weighted by molar-refractivity contribution is 7.99. The lowest BCUT2D eigenvalue weighted by Crippen LogP contribution is -2.42. The molecule has 3 rings (SSSR count). The van der Waals surface area contributed by atoms with Crippen LogP contribution in [0.1, 0.15) is 26.9 Å². The van der Waals surface area contributed by atoms with Gasteiger partial charge < -0.3 is 10.0 Å². The molecule has 2 aromatic rings. The Morgan fingerprint density at radius 3 is 2.54 bits per heavy atom. The maximum atomic E-state index is 13.0. The van der Waals surface area contributed by atoms with Crippen LogP contribution in [0.2, 0.25) is 5.02 Å². The number of carbonyl (C=O) groups excluding carboxylic acids is 1. The third-order valence-corrected chi connectivity index (χ3v) is 5.51. The molecule has 0 aromatic heterocycles. The Labute approximate surface area is 149 Å². The molecule has 0 unspecified atom stereocenters. The van der Waals surface area contributed by atoms with E-state index in [0.717, 1.165) is 11.1 Å². The lowest BCUT2D eigenvalue weighted by atomic mass is 10.1. The number of halogens is 1. The minimum Gasteiger partial charge on any atom is -0.480 e. The monoisotopic (exact) mass is 361 g/mol. The number of nitrogens with zero attached hydrogens (tertiary/aromatic N) is 1. The fourth-order valence-electron chi connectivity index (χ4n) is 2.70. The summed E-state index contributed by atoms with van der Waals surface area (Å²) in [5, 5.41) is 9.64. The van der Waals surface area contributed by atoms with E-state index in [0.29, 0.717) is 16.3 Å². The molecule has 0 spiro atoms. The Bertz CT molecular complexity index is 778. The van der Waals surface area contributed by atoms with Crippen molar-refractivity contribution in [1.29, 1.82) is 0 Å². The van der Waals surface area contributed by atoms with Gasteiger partial charge in [-0.3, -0.25) is 4.79 Å². The molecule has 1 aliphatic heterocycles. The Balaban J connectivity index is 1.99. The molecular formula is C18H16ClNO3S. The van der Waals surface area contributed by atoms with Crippen LogP contribution in [0.15, 0.2) is 48.5 Å². The van der Waals surface area contributed by atoms with E-state index in [2.05, 4.69) is 0 Å². The molecule has 4 nitrogen and oxygen atoms in total. The van der Waals surface area contributed by atoms with Crippen molar-refractivity contribution in [2.45, 2.75) is 18.3 Å². The molecule has 0 saturated carbocycles. The topological polar surface area (TPSA) is 57.6 Å². The average molecular weight is 362 g/mol. The van der Waals surface area contributed by atoms with Gasteiger partial charge in [-0.2, -0.15) is 0 Å². The highest BCUT2D eigenvalue weighted by Crippen LogP contribution is 2.42. The third-order valence-electron chi connectivity index (χ3n) is 3.95. The molecule has 1 amide bonds. The van der Waals surface area contributed by atoms with Crippen molar-refractivity contribution < 1.29 is 14.7 Å². The Kier molecular flexibility index (Phi) is 4.83. The summed E-state index contributed by atoms with van der Waals surface area (Å²) in [6.07, 6.45) is 0. The van der Waals surface area contributed by atoms with Crippen molar-refractivity contribution in [2.24, 2.45) is 0 Å². The molecule has 1 aliphatic rings. The van der Waals surface area contributed by atoms with E-state index in [4.69, 9.17) is 11.6 Å². The molecule has 6 heteroatoms. The molecule has 1 fully saturated rings. The van der Waals surface area contributed by atoms with Gasteiger partial charge in [-0.15, -0.1) is 11.8 Å². The molecule has 2 atom stereocenters. The summed E-state index contributed by atoms with van der Waals surface area (Å²) >= 11 is 7.44. The number of aliphatic carboxylic acids is 1. The highest BCUT2D eigenvalue weighted by atomic mass is 35.5. The van der Waals surface area contributed by atoms with Crippen molar-refractivity contribution in [3.8, 4) is 0 Å². The SMILES string of the molecule is Cc1ccc([C@@H]2SC[C@H](C(=O)O)N2C(=O)c2cccc(Cl)c2)cc1. The summed E-state index contributed by atoms with van der Waals surface area (Å²) in [4.78, 5) is 26.0. The molecule has 1 heterocycles. The Hall–Kier alpha value is -1.98. The maximum Gasteiger partial charge on any atom is 0.327 e. The molecule has 0 radical (unpaired) electrons. The number of amides is 1. The summed E-state index contributed by atoms with van der Waals surface area (Å²) in [6.45, 7) is 1.99. The summed E-state index contributed by atoms with van der Waals surface area (Å²) < 4.78 is 0. The number of hydrogen-bond acceptors (Lipinski definition) is 3. The molecule has 0 bridgehead atoms. The van der Waals surface area contributed by atoms with Crippen molar-refractivity contribution in [3.63, 3.8) is 0 Å². The fraction of sp³-hybridized carbons (Fsp3) is 0.222. The van der Waals surface area contributed by atoms with E-state index in [1.54, 1.807) is 24.3 Å². The van der Waals surface area contributed by atoms with Crippen LogP contribution >= 0.6 is 23.4 Å². The van der Waals surface area contributed by atoms with Gasteiger partial charge in [0.25, 0.3) is 5.91 Å². The lowest BCUT2D eigenvalue weighted by molar-refractivity contribution is -0.141. The minimum atomic E-state index is -0.993. The maximum absolute atomic E-state index is 13.0. The van der Waals surface area contributed by atoms with E-state index in [1.165, 1.54) is 16.7 Å². The molecule has 124 valence electrons. The van der Waals surface area contributed by atoms with Gasteiger partial charge >= 0.3 is 5.97 Å². The van der Waals surface area contributed by atoms with E-state index >= 15 is 0 Å². The number of aryl methyl sites for hydroxylation is 1. The Morgan fingerprint density at radius 2 is 1.92 bits per heavy atom. The first-order valence-electron chi connectivity index (χ1n) is 7.46. The summed E-state index contributed by atoms with van der Waals surface area (Å²) in [7, 11) is 0. The summed E-state index contributed by atoms with van der Waals surface area (Å²) in [5.74, 6) is -0.951. The van der Waals surface area contributed by atoms with Gasteiger partial charge in [0.05, 0.1) is 0 Å². The molecular weight excluding hydrogens is 346 g/mol. The molecule has 2 aromatic carbocycles. The smallest absolute Gasteiger partial charge is 0.327 e. The van der Waals surface area contributed by atoms with Crippen LogP contribution in [-0.2, 0) is 4.79 Å². The van der Waals surface area contributed by atoms with Crippen molar-refractivity contribution in [1.82, 2.24) is 4.90 Å². The second-order valence-electron chi connectivity index (χ2n) is 5.67. The number of thioether (sulfide) groups is 1. The van der Waals surface area contributed by atoms with Gasteiger partial charge in [0.1, 0.15) is 11.4 Å². The first-order chi connectivity index (χ1) is 11.5. The molecule has 1 N–H and O–H groups in total. The van der Waals surface area contributed by atoms with Crippen LogP contribution in [0.3, 0.4) is 0 Å². The van der Waals surface area contributed by atoms with Gasteiger partial charge in [0.15, 0.2) is 0 Å². The molecule has 0 aliphatic carbocycles. The predicted molar refractivity (Wildman–Crippen MR) is 95.4 cm³/mol. The zero-order valence-corrected chi connectivity index (χ0v) is 14.6. The average Bonchev–Trinajstić information content (AvgIpc) is 3.00. The van der Waals surface area contributed by atoms with Crippen LogP contribution in [-0.4, -0.2) is 33.7 Å². The second-order valence-corrected chi connectivity index (χ2v) is 7.22. The lowest BCUT2D eigenvalue weighted by Gasteiger charge is -2.28. The Morgan fingerprint density at radius 1 is 1.21 bits per heavy atom. The van der Waals surface area contributed by atoms with E-state index in [-0.39, 0.29) is 11.3 Å². The number of rotatable bonds is 3. The van der Waals surface area contributed by atoms with Gasteiger partial charge in [-0.1, -0.05) is 47.5 Å². The van der Waals surface area contributed by atoms with E-state index < -0.39 is 12.0 Å². The largest absolute Gasteiger partial charge is 0.480 e. The number of benzene rings is 2. The highest BCUT2D eigenvalue weighted by Gasteiger charge is 2.42. The number of carbonyl (C=O) groups is 2. The van der Waals surface area contributed by atoms with Crippen molar-refractivity contribution >= 4 is 35.2 Å². The minimum absolute atomic E-state index is 0.319. The van der Waals surface area contributed by atoms with Crippen LogP contribution < -0.4 is 0 Å². The number of carboxylic acid groups (broad SMARTS) is 1. The van der Waals surface area contributed by atoms with Gasteiger partial charge in [0.2, 0.25) is 0 Å². The van der Waals surface area contributed by atoms with Crippen LogP contribution in [0.5, 0.6) is 0 Å². The number of carboxylic acids is 1. The first-order valence-corrected chi connectivity index (χ1v) is 8.89. The predicted octanol–water partition coefficient (Wildman–Crippen LogP) is 3.99. The summed E-state index contributed by atoms with van der Waals surface area (Å²) in [5.41, 5.74) is 2.43. The van der Waals surface area contributed by atoms with E-state index in [9.17, 15) is 14.7 Å². The van der Waals surface area contributed by atoms with Crippen LogP contribution in [0.4, 0.5) is 0 Å². The van der Waals surface area contributed by atoms with Crippen LogP contribution in [0.25, 0.3) is 0 Å². The first kappa shape index (κ1) is 16.9. The standard InChI is InChI=1S/C18H16ClNO3S/c1-11-5-7-12(8-6-11)17-20(15(10-24-17)18(22)23)16(21)13-3-2-4-14(19)9-13/h2-9,15,17H,10H2,1H3,(H,22,23)/t15-,17+/m1/s1. The van der Waals surface area contributed by atoms with Gasteiger partial charge in [-0.25, -0.2) is 4.79 Å². The normalized spacial score (nSPS) is 20.2. The second kappa shape index (κ2) is 6.87.